The third-order valence-corrected chi connectivity index (χ3v) is 4.60. The number of carbonyl (C=O) groups excluding carboxylic acids is 1. The summed E-state index contributed by atoms with van der Waals surface area (Å²) < 4.78 is 10.4. The summed E-state index contributed by atoms with van der Waals surface area (Å²) in [4.78, 5) is 20.1. The second-order valence-corrected chi connectivity index (χ2v) is 6.58. The van der Waals surface area contributed by atoms with Crippen LogP contribution in [0, 0.1) is 0 Å². The SMILES string of the molecule is COc1cccc(C2CCN(C(=O)NCc3nc(N(C)C)no3)CC2)c1. The van der Waals surface area contributed by atoms with Crippen molar-refractivity contribution in [2.75, 3.05) is 39.2 Å². The molecule has 0 unspecified atom stereocenters. The fraction of sp³-hybridized carbons (Fsp3) is 0.500. The molecule has 8 heteroatoms. The molecule has 2 aromatic rings. The second-order valence-electron chi connectivity index (χ2n) is 6.58. The van der Waals surface area contributed by atoms with Crippen LogP contribution in [0.1, 0.15) is 30.2 Å². The van der Waals surface area contributed by atoms with Crippen LogP contribution in [-0.4, -0.2) is 55.4 Å². The topological polar surface area (TPSA) is 83.7 Å². The van der Waals surface area contributed by atoms with Crippen molar-refractivity contribution in [1.29, 1.82) is 0 Å². The van der Waals surface area contributed by atoms with Crippen LogP contribution in [0.4, 0.5) is 10.7 Å². The molecule has 2 amide bonds. The van der Waals surface area contributed by atoms with Crippen LogP contribution in [0.3, 0.4) is 0 Å². The number of ether oxygens (including phenoxy) is 1. The number of aromatic nitrogens is 2. The lowest BCUT2D eigenvalue weighted by atomic mass is 9.89. The second kappa shape index (κ2) is 8.07. The lowest BCUT2D eigenvalue weighted by Crippen LogP contribution is -2.43. The van der Waals surface area contributed by atoms with Gasteiger partial charge in [-0.15, -0.1) is 0 Å². The number of hydrogen-bond acceptors (Lipinski definition) is 6. The molecule has 140 valence electrons. The first-order chi connectivity index (χ1) is 12.6. The fourth-order valence-electron chi connectivity index (χ4n) is 3.07. The zero-order valence-corrected chi connectivity index (χ0v) is 15.4. The Balaban J connectivity index is 1.48. The average molecular weight is 359 g/mol. The number of rotatable bonds is 5. The van der Waals surface area contributed by atoms with Crippen LogP contribution in [0.15, 0.2) is 28.8 Å². The van der Waals surface area contributed by atoms with E-state index in [2.05, 4.69) is 27.6 Å². The van der Waals surface area contributed by atoms with E-state index in [1.165, 1.54) is 5.56 Å². The number of carbonyl (C=O) groups is 1. The Bertz CT molecular complexity index is 738. The molecule has 0 bridgehead atoms. The first kappa shape index (κ1) is 18.0. The van der Waals surface area contributed by atoms with Gasteiger partial charge in [0.1, 0.15) is 5.75 Å². The Hall–Kier alpha value is -2.77. The molecule has 0 atom stereocenters. The van der Waals surface area contributed by atoms with E-state index >= 15 is 0 Å². The lowest BCUT2D eigenvalue weighted by molar-refractivity contribution is 0.179. The van der Waals surface area contributed by atoms with Gasteiger partial charge < -0.3 is 24.4 Å². The van der Waals surface area contributed by atoms with Crippen LogP contribution in [0.25, 0.3) is 0 Å². The van der Waals surface area contributed by atoms with Gasteiger partial charge in [0.25, 0.3) is 5.95 Å². The van der Waals surface area contributed by atoms with Gasteiger partial charge in [-0.3, -0.25) is 0 Å². The number of methoxy groups -OCH3 is 1. The molecule has 2 heterocycles. The normalized spacial score (nSPS) is 15.0. The van der Waals surface area contributed by atoms with E-state index < -0.39 is 0 Å². The van der Waals surface area contributed by atoms with E-state index in [9.17, 15) is 4.79 Å². The van der Waals surface area contributed by atoms with Crippen LogP contribution >= 0.6 is 0 Å². The minimum Gasteiger partial charge on any atom is -0.497 e. The maximum atomic E-state index is 12.4. The Morgan fingerprint density at radius 1 is 1.38 bits per heavy atom. The van der Waals surface area contributed by atoms with Crippen molar-refractivity contribution < 1.29 is 14.1 Å². The van der Waals surface area contributed by atoms with E-state index in [1.54, 1.807) is 12.0 Å². The smallest absolute Gasteiger partial charge is 0.317 e. The molecule has 1 aliphatic heterocycles. The maximum absolute atomic E-state index is 12.4. The first-order valence-corrected chi connectivity index (χ1v) is 8.73. The van der Waals surface area contributed by atoms with Gasteiger partial charge in [-0.25, -0.2) is 4.79 Å². The third-order valence-electron chi connectivity index (χ3n) is 4.60. The molecule has 26 heavy (non-hydrogen) atoms. The quantitative estimate of drug-likeness (QED) is 0.881. The van der Waals surface area contributed by atoms with Crippen molar-refractivity contribution in [2.24, 2.45) is 0 Å². The summed E-state index contributed by atoms with van der Waals surface area (Å²) in [6.45, 7) is 1.68. The highest BCUT2D eigenvalue weighted by atomic mass is 16.5. The summed E-state index contributed by atoms with van der Waals surface area (Å²) in [6, 6.07) is 8.07. The summed E-state index contributed by atoms with van der Waals surface area (Å²) in [5.41, 5.74) is 1.27. The average Bonchev–Trinajstić information content (AvgIpc) is 3.16. The van der Waals surface area contributed by atoms with E-state index in [4.69, 9.17) is 9.26 Å². The van der Waals surface area contributed by atoms with Crippen molar-refractivity contribution in [2.45, 2.75) is 25.3 Å². The number of hydrogen-bond donors (Lipinski definition) is 1. The number of urea groups is 1. The number of benzene rings is 1. The van der Waals surface area contributed by atoms with Crippen molar-refractivity contribution in [1.82, 2.24) is 20.4 Å². The molecule has 8 nitrogen and oxygen atoms in total. The van der Waals surface area contributed by atoms with Crippen LogP contribution in [0.5, 0.6) is 5.75 Å². The molecule has 1 aliphatic rings. The Kier molecular flexibility index (Phi) is 5.60. The Morgan fingerprint density at radius 3 is 2.81 bits per heavy atom. The fourth-order valence-corrected chi connectivity index (χ4v) is 3.07. The summed E-state index contributed by atoms with van der Waals surface area (Å²) in [5.74, 6) is 2.22. The molecule has 0 spiro atoms. The monoisotopic (exact) mass is 359 g/mol. The largest absolute Gasteiger partial charge is 0.497 e. The molecule has 1 fully saturated rings. The van der Waals surface area contributed by atoms with Gasteiger partial charge in [-0.1, -0.05) is 12.1 Å². The van der Waals surface area contributed by atoms with Crippen molar-refractivity contribution in [3.63, 3.8) is 0 Å². The molecular formula is C18H25N5O3. The van der Waals surface area contributed by atoms with Crippen LogP contribution in [0.2, 0.25) is 0 Å². The molecule has 1 saturated heterocycles. The molecular weight excluding hydrogens is 334 g/mol. The minimum atomic E-state index is -0.0984. The van der Waals surface area contributed by atoms with Crippen molar-refractivity contribution >= 4 is 12.0 Å². The van der Waals surface area contributed by atoms with Gasteiger partial charge in [0.15, 0.2) is 0 Å². The molecule has 1 aromatic carbocycles. The van der Waals surface area contributed by atoms with Gasteiger partial charge in [0.2, 0.25) is 5.89 Å². The van der Waals surface area contributed by atoms with Gasteiger partial charge in [-0.05, 0) is 41.6 Å². The number of piperidine rings is 1. The number of anilines is 1. The lowest BCUT2D eigenvalue weighted by Gasteiger charge is -2.32. The summed E-state index contributed by atoms with van der Waals surface area (Å²) in [5, 5.41) is 6.67. The standard InChI is InChI=1S/C18H25N5O3/c1-22(2)17-20-16(26-21-17)12-19-18(24)23-9-7-13(8-10-23)14-5-4-6-15(11-14)25-3/h4-6,11,13H,7-10,12H2,1-3H3,(H,19,24). The molecule has 1 N–H and O–H groups in total. The van der Waals surface area contributed by atoms with Gasteiger partial charge in [0.05, 0.1) is 13.7 Å². The van der Waals surface area contributed by atoms with Crippen LogP contribution < -0.4 is 15.0 Å². The predicted octanol–water partition coefficient (Wildman–Crippen LogP) is 2.23. The summed E-state index contributed by atoms with van der Waals surface area (Å²) in [7, 11) is 5.34. The van der Waals surface area contributed by atoms with Gasteiger partial charge in [-0.2, -0.15) is 4.98 Å². The minimum absolute atomic E-state index is 0.0984. The number of nitrogens with one attached hydrogen (secondary N) is 1. The zero-order chi connectivity index (χ0) is 18.5. The zero-order valence-electron chi connectivity index (χ0n) is 15.4. The highest BCUT2D eigenvalue weighted by molar-refractivity contribution is 5.74. The summed E-state index contributed by atoms with van der Waals surface area (Å²) in [6.07, 6.45) is 1.87. The Labute approximate surface area is 153 Å². The van der Waals surface area contributed by atoms with Gasteiger partial charge in [0, 0.05) is 27.2 Å². The van der Waals surface area contributed by atoms with Crippen molar-refractivity contribution in [3.05, 3.63) is 35.7 Å². The molecule has 0 radical (unpaired) electrons. The van der Waals surface area contributed by atoms with E-state index in [-0.39, 0.29) is 12.6 Å². The summed E-state index contributed by atoms with van der Waals surface area (Å²) >= 11 is 0. The highest BCUT2D eigenvalue weighted by Gasteiger charge is 2.24. The molecule has 0 saturated carbocycles. The molecule has 3 rings (SSSR count). The van der Waals surface area contributed by atoms with E-state index in [0.717, 1.165) is 31.7 Å². The predicted molar refractivity (Wildman–Crippen MR) is 97.4 cm³/mol. The first-order valence-electron chi connectivity index (χ1n) is 8.73. The van der Waals surface area contributed by atoms with Crippen LogP contribution in [-0.2, 0) is 6.54 Å². The maximum Gasteiger partial charge on any atom is 0.317 e. The number of amides is 2. The van der Waals surface area contributed by atoms with Gasteiger partial charge >= 0.3 is 6.03 Å². The molecule has 0 aliphatic carbocycles. The molecule has 1 aromatic heterocycles. The van der Waals surface area contributed by atoms with E-state index in [1.807, 2.05) is 31.1 Å². The highest BCUT2D eigenvalue weighted by Crippen LogP contribution is 2.30. The van der Waals surface area contributed by atoms with E-state index in [0.29, 0.717) is 17.8 Å². The number of nitrogens with zero attached hydrogens (tertiary/aromatic N) is 4. The van der Waals surface area contributed by atoms with Crippen molar-refractivity contribution in [3.8, 4) is 5.75 Å². The third kappa shape index (κ3) is 4.25. The number of likely N-dealkylation sites (tertiary alicyclic amines) is 1. The Morgan fingerprint density at radius 2 is 2.15 bits per heavy atom.